The minimum atomic E-state index is -3.42. The highest BCUT2D eigenvalue weighted by atomic mass is 79.9. The minimum Gasteiger partial charge on any atom is -0.495 e. The van der Waals surface area contributed by atoms with E-state index < -0.39 is 15.8 Å². The molecule has 0 saturated heterocycles. The molecule has 0 N–H and O–H groups in total. The molecule has 0 aliphatic rings. The number of ether oxygens (including phenoxy) is 2. The third-order valence-electron chi connectivity index (χ3n) is 2.06. The van der Waals surface area contributed by atoms with E-state index in [0.29, 0.717) is 4.47 Å². The first-order valence-electron chi connectivity index (χ1n) is 4.47. The lowest BCUT2D eigenvalue weighted by atomic mass is 10.2. The number of benzene rings is 1. The van der Waals surface area contributed by atoms with E-state index in [0.717, 1.165) is 6.26 Å². The normalized spacial score (nSPS) is 11.1. The summed E-state index contributed by atoms with van der Waals surface area (Å²) < 4.78 is 32.9. The topological polar surface area (TPSA) is 69.7 Å². The predicted molar refractivity (Wildman–Crippen MR) is 65.1 cm³/mol. The number of sulfone groups is 1. The second-order valence-electron chi connectivity index (χ2n) is 3.25. The Kier molecular flexibility index (Phi) is 4.16. The van der Waals surface area contributed by atoms with Gasteiger partial charge in [-0.2, -0.15) is 0 Å². The highest BCUT2D eigenvalue weighted by Gasteiger charge is 2.20. The molecule has 0 amide bonds. The van der Waals surface area contributed by atoms with Gasteiger partial charge in [-0.05, 0) is 28.1 Å². The first-order chi connectivity index (χ1) is 7.81. The quantitative estimate of drug-likeness (QED) is 0.791. The smallest absolute Gasteiger partial charge is 0.339 e. The van der Waals surface area contributed by atoms with Crippen molar-refractivity contribution in [3.05, 3.63) is 22.2 Å². The van der Waals surface area contributed by atoms with Crippen LogP contribution in [0.2, 0.25) is 0 Å². The van der Waals surface area contributed by atoms with Crippen LogP contribution in [0.3, 0.4) is 0 Å². The van der Waals surface area contributed by atoms with Crippen molar-refractivity contribution < 1.29 is 22.7 Å². The predicted octanol–water partition coefficient (Wildman–Crippen LogP) is 1.65. The third kappa shape index (κ3) is 2.98. The fourth-order valence-electron chi connectivity index (χ4n) is 1.25. The van der Waals surface area contributed by atoms with Crippen molar-refractivity contribution in [3.8, 4) is 5.75 Å². The van der Waals surface area contributed by atoms with E-state index in [9.17, 15) is 13.2 Å². The average Bonchev–Trinajstić information content (AvgIpc) is 2.26. The maximum Gasteiger partial charge on any atom is 0.339 e. The van der Waals surface area contributed by atoms with Crippen molar-refractivity contribution in [1.29, 1.82) is 0 Å². The Morgan fingerprint density at radius 3 is 2.29 bits per heavy atom. The largest absolute Gasteiger partial charge is 0.495 e. The summed E-state index contributed by atoms with van der Waals surface area (Å²) in [4.78, 5) is 11.4. The van der Waals surface area contributed by atoms with Gasteiger partial charge in [0.05, 0.1) is 19.8 Å². The van der Waals surface area contributed by atoms with Crippen molar-refractivity contribution in [2.45, 2.75) is 4.90 Å². The van der Waals surface area contributed by atoms with Crippen LogP contribution in [-0.4, -0.2) is 34.9 Å². The lowest BCUT2D eigenvalue weighted by molar-refractivity contribution is 0.0599. The highest BCUT2D eigenvalue weighted by Crippen LogP contribution is 2.31. The van der Waals surface area contributed by atoms with Crippen LogP contribution in [0.1, 0.15) is 10.4 Å². The molecular formula is C10H11BrO5S. The molecule has 1 aromatic rings. The summed E-state index contributed by atoms with van der Waals surface area (Å²) in [6.45, 7) is 0. The van der Waals surface area contributed by atoms with Crippen molar-refractivity contribution in [1.82, 2.24) is 0 Å². The maximum atomic E-state index is 11.5. The number of carbonyl (C=O) groups excluding carboxylic acids is 1. The zero-order chi connectivity index (χ0) is 13.2. The number of methoxy groups -OCH3 is 2. The molecule has 0 fully saturated rings. The standard InChI is InChI=1S/C10H11BrO5S/c1-15-8-4-6(10(12)16-2)7(11)5-9(8)17(3,13)14/h4-5H,1-3H3. The Balaban J connectivity index is 3.51. The van der Waals surface area contributed by atoms with E-state index in [2.05, 4.69) is 20.7 Å². The number of halogens is 1. The van der Waals surface area contributed by atoms with Crippen LogP contribution in [0, 0.1) is 0 Å². The van der Waals surface area contributed by atoms with Gasteiger partial charge in [0.2, 0.25) is 0 Å². The van der Waals surface area contributed by atoms with Crippen molar-refractivity contribution in [2.75, 3.05) is 20.5 Å². The number of carbonyl (C=O) groups is 1. The van der Waals surface area contributed by atoms with Crippen molar-refractivity contribution in [2.24, 2.45) is 0 Å². The number of esters is 1. The van der Waals surface area contributed by atoms with Gasteiger partial charge in [0.25, 0.3) is 0 Å². The van der Waals surface area contributed by atoms with E-state index in [1.54, 1.807) is 0 Å². The molecule has 0 aliphatic carbocycles. The molecule has 0 atom stereocenters. The molecule has 0 unspecified atom stereocenters. The summed E-state index contributed by atoms with van der Waals surface area (Å²) in [6, 6.07) is 2.65. The Bertz CT molecular complexity index is 550. The van der Waals surface area contributed by atoms with Gasteiger partial charge in [0.1, 0.15) is 10.6 Å². The van der Waals surface area contributed by atoms with Gasteiger partial charge < -0.3 is 9.47 Å². The van der Waals surface area contributed by atoms with Crippen LogP contribution in [0.4, 0.5) is 0 Å². The second kappa shape index (κ2) is 5.05. The Hall–Kier alpha value is -1.08. The molecule has 17 heavy (non-hydrogen) atoms. The SMILES string of the molecule is COC(=O)c1cc(OC)c(S(C)(=O)=O)cc1Br. The van der Waals surface area contributed by atoms with Crippen molar-refractivity contribution in [3.63, 3.8) is 0 Å². The zero-order valence-corrected chi connectivity index (χ0v) is 11.9. The molecule has 94 valence electrons. The average molecular weight is 323 g/mol. The van der Waals surface area contributed by atoms with Crippen LogP contribution in [0.5, 0.6) is 5.75 Å². The lowest BCUT2D eigenvalue weighted by Gasteiger charge is -2.10. The molecule has 1 aromatic carbocycles. The first-order valence-corrected chi connectivity index (χ1v) is 7.15. The molecule has 0 aromatic heterocycles. The van der Waals surface area contributed by atoms with Crippen LogP contribution in [0.15, 0.2) is 21.5 Å². The zero-order valence-electron chi connectivity index (χ0n) is 9.48. The summed E-state index contributed by atoms with van der Waals surface area (Å²) >= 11 is 3.12. The van der Waals surface area contributed by atoms with E-state index >= 15 is 0 Å². The van der Waals surface area contributed by atoms with Crippen molar-refractivity contribution >= 4 is 31.7 Å². The number of hydrogen-bond acceptors (Lipinski definition) is 5. The fourth-order valence-corrected chi connectivity index (χ4v) is 2.75. The summed E-state index contributed by atoms with van der Waals surface area (Å²) in [7, 11) is -0.850. The third-order valence-corrected chi connectivity index (χ3v) is 3.83. The Morgan fingerprint density at radius 2 is 1.88 bits per heavy atom. The van der Waals surface area contributed by atoms with Crippen LogP contribution in [-0.2, 0) is 14.6 Å². The van der Waals surface area contributed by atoms with Gasteiger partial charge in [-0.15, -0.1) is 0 Å². The van der Waals surface area contributed by atoms with Gasteiger partial charge in [0, 0.05) is 10.7 Å². The Labute approximate surface area is 108 Å². The molecule has 0 radical (unpaired) electrons. The highest BCUT2D eigenvalue weighted by molar-refractivity contribution is 9.10. The molecular weight excluding hydrogens is 312 g/mol. The summed E-state index contributed by atoms with van der Waals surface area (Å²) in [5, 5.41) is 0. The van der Waals surface area contributed by atoms with Gasteiger partial charge >= 0.3 is 5.97 Å². The van der Waals surface area contributed by atoms with Crippen LogP contribution in [0.25, 0.3) is 0 Å². The first kappa shape index (κ1) is 14.0. The minimum absolute atomic E-state index is 0.0135. The number of rotatable bonds is 3. The van der Waals surface area contributed by atoms with Gasteiger partial charge in [-0.1, -0.05) is 0 Å². The van der Waals surface area contributed by atoms with E-state index in [4.69, 9.17) is 4.74 Å². The monoisotopic (exact) mass is 322 g/mol. The lowest BCUT2D eigenvalue weighted by Crippen LogP contribution is -2.06. The van der Waals surface area contributed by atoms with Crippen LogP contribution < -0.4 is 4.74 Å². The van der Waals surface area contributed by atoms with Gasteiger partial charge in [-0.25, -0.2) is 13.2 Å². The molecule has 5 nitrogen and oxygen atoms in total. The Morgan fingerprint density at radius 1 is 1.29 bits per heavy atom. The second-order valence-corrected chi connectivity index (χ2v) is 6.09. The van der Waals surface area contributed by atoms with E-state index in [1.165, 1.54) is 26.4 Å². The summed E-state index contributed by atoms with van der Waals surface area (Å²) in [6.07, 6.45) is 1.06. The maximum absolute atomic E-state index is 11.5. The van der Waals surface area contributed by atoms with E-state index in [-0.39, 0.29) is 16.2 Å². The summed E-state index contributed by atoms with van der Waals surface area (Å²) in [5.41, 5.74) is 0.205. The molecule has 7 heteroatoms. The van der Waals surface area contributed by atoms with Gasteiger partial charge in [-0.3, -0.25) is 0 Å². The molecule has 0 spiro atoms. The molecule has 0 heterocycles. The molecule has 0 saturated carbocycles. The number of hydrogen-bond donors (Lipinski definition) is 0. The van der Waals surface area contributed by atoms with Gasteiger partial charge in [0.15, 0.2) is 9.84 Å². The molecule has 0 aliphatic heterocycles. The van der Waals surface area contributed by atoms with Crippen LogP contribution >= 0.6 is 15.9 Å². The van der Waals surface area contributed by atoms with E-state index in [1.807, 2.05) is 0 Å². The molecule has 0 bridgehead atoms. The molecule has 1 rings (SSSR count). The summed E-state index contributed by atoms with van der Waals surface area (Å²) in [5.74, 6) is -0.466. The fraction of sp³-hybridized carbons (Fsp3) is 0.300.